The maximum Gasteiger partial charge on any atom is 0.223 e. The van der Waals surface area contributed by atoms with E-state index in [9.17, 15) is 9.59 Å². The molecule has 0 radical (unpaired) electrons. The molecule has 0 bridgehead atoms. The van der Waals surface area contributed by atoms with Gasteiger partial charge >= 0.3 is 0 Å². The molecule has 1 aromatic carbocycles. The van der Waals surface area contributed by atoms with Crippen molar-refractivity contribution in [2.75, 3.05) is 14.1 Å². The fourth-order valence-corrected chi connectivity index (χ4v) is 2.15. The van der Waals surface area contributed by atoms with E-state index in [1.807, 2.05) is 37.2 Å². The number of benzene rings is 1. The van der Waals surface area contributed by atoms with E-state index in [0.29, 0.717) is 12.1 Å². The van der Waals surface area contributed by atoms with Crippen LogP contribution in [0.2, 0.25) is 0 Å². The lowest BCUT2D eigenvalue weighted by atomic mass is 9.85. The molecule has 2 rings (SSSR count). The van der Waals surface area contributed by atoms with E-state index in [-0.39, 0.29) is 17.6 Å². The molecule has 1 aliphatic carbocycles. The first-order valence-corrected chi connectivity index (χ1v) is 7.32. The van der Waals surface area contributed by atoms with E-state index in [1.54, 1.807) is 18.3 Å². The highest BCUT2D eigenvalue weighted by molar-refractivity contribution is 6.04. The predicted molar refractivity (Wildman–Crippen MR) is 82.8 cm³/mol. The molecule has 4 heteroatoms. The van der Waals surface area contributed by atoms with E-state index in [4.69, 9.17) is 0 Å². The van der Waals surface area contributed by atoms with Crippen LogP contribution in [0.5, 0.6) is 0 Å². The molecule has 0 saturated heterocycles. The highest BCUT2D eigenvalue weighted by Gasteiger charge is 2.24. The van der Waals surface area contributed by atoms with Crippen molar-refractivity contribution in [3.63, 3.8) is 0 Å². The molecule has 0 unspecified atom stereocenters. The fourth-order valence-electron chi connectivity index (χ4n) is 2.15. The summed E-state index contributed by atoms with van der Waals surface area (Å²) in [5.41, 5.74) is 1.59. The Bertz CT molecular complexity index is 545. The molecular formula is C17H22N2O2. The van der Waals surface area contributed by atoms with Crippen LogP contribution >= 0.6 is 0 Å². The quantitative estimate of drug-likeness (QED) is 0.645. The van der Waals surface area contributed by atoms with Crippen LogP contribution in [0, 0.1) is 5.92 Å². The number of allylic oxidation sites excluding steroid dienone is 1. The predicted octanol–water partition coefficient (Wildman–Crippen LogP) is 2.36. The van der Waals surface area contributed by atoms with Gasteiger partial charge in [0.25, 0.3) is 0 Å². The first-order chi connectivity index (χ1) is 10.1. The molecule has 0 spiro atoms. The van der Waals surface area contributed by atoms with Crippen molar-refractivity contribution in [2.45, 2.75) is 25.8 Å². The number of carbonyl (C=O) groups excluding carboxylic acids is 2. The second-order valence-electron chi connectivity index (χ2n) is 5.69. The number of carbonyl (C=O) groups is 2. The molecule has 0 aliphatic heterocycles. The molecule has 0 aromatic heterocycles. The molecule has 1 fully saturated rings. The Morgan fingerprint density at radius 3 is 2.71 bits per heavy atom. The lowest BCUT2D eigenvalue weighted by Crippen LogP contribution is -2.33. The molecule has 1 amide bonds. The molecule has 21 heavy (non-hydrogen) atoms. The van der Waals surface area contributed by atoms with Crippen LogP contribution in [0.15, 0.2) is 36.5 Å². The molecule has 1 N–H and O–H groups in total. The lowest BCUT2D eigenvalue weighted by molar-refractivity contribution is -0.127. The van der Waals surface area contributed by atoms with Crippen molar-refractivity contribution in [1.82, 2.24) is 10.2 Å². The standard InChI is InChI=1S/C17H22N2O2/c1-19(2)10-9-16(20)15-8-3-5-13(11-15)12-18-17(21)14-6-4-7-14/h3,5,8-11,14H,4,6-7,12H2,1-2H3,(H,18,21). The lowest BCUT2D eigenvalue weighted by Gasteiger charge is -2.24. The van der Waals surface area contributed by atoms with Crippen LogP contribution in [0.25, 0.3) is 0 Å². The first kappa shape index (κ1) is 15.3. The fraction of sp³-hybridized carbons (Fsp3) is 0.412. The van der Waals surface area contributed by atoms with Crippen LogP contribution in [-0.2, 0) is 11.3 Å². The van der Waals surface area contributed by atoms with Gasteiger partial charge in [0.15, 0.2) is 5.78 Å². The Morgan fingerprint density at radius 1 is 1.33 bits per heavy atom. The smallest absolute Gasteiger partial charge is 0.223 e. The van der Waals surface area contributed by atoms with Gasteiger partial charge in [-0.25, -0.2) is 0 Å². The van der Waals surface area contributed by atoms with E-state index < -0.39 is 0 Å². The number of rotatable bonds is 6. The van der Waals surface area contributed by atoms with Crippen molar-refractivity contribution in [2.24, 2.45) is 5.92 Å². The Kier molecular flexibility index (Phi) is 5.14. The second-order valence-corrected chi connectivity index (χ2v) is 5.69. The van der Waals surface area contributed by atoms with Gasteiger partial charge in [-0.2, -0.15) is 0 Å². The number of nitrogens with zero attached hydrogens (tertiary/aromatic N) is 1. The van der Waals surface area contributed by atoms with Crippen molar-refractivity contribution in [1.29, 1.82) is 0 Å². The van der Waals surface area contributed by atoms with Gasteiger partial charge in [-0.3, -0.25) is 9.59 Å². The summed E-state index contributed by atoms with van der Waals surface area (Å²) in [5, 5.41) is 2.94. The third-order valence-electron chi connectivity index (χ3n) is 3.68. The largest absolute Gasteiger partial charge is 0.383 e. The first-order valence-electron chi connectivity index (χ1n) is 7.32. The molecule has 1 saturated carbocycles. The van der Waals surface area contributed by atoms with Crippen LogP contribution < -0.4 is 5.32 Å². The highest BCUT2D eigenvalue weighted by atomic mass is 16.2. The normalized spacial score (nSPS) is 14.8. The third-order valence-corrected chi connectivity index (χ3v) is 3.68. The van der Waals surface area contributed by atoms with Gasteiger partial charge in [0.1, 0.15) is 0 Å². The Balaban J connectivity index is 1.93. The number of nitrogens with one attached hydrogen (secondary N) is 1. The zero-order chi connectivity index (χ0) is 15.2. The Morgan fingerprint density at radius 2 is 2.10 bits per heavy atom. The average Bonchev–Trinajstić information content (AvgIpc) is 2.41. The Hall–Kier alpha value is -2.10. The van der Waals surface area contributed by atoms with Crippen LogP contribution in [-0.4, -0.2) is 30.7 Å². The van der Waals surface area contributed by atoms with Gasteiger partial charge in [0, 0.05) is 44.4 Å². The SMILES string of the molecule is CN(C)C=CC(=O)c1cccc(CNC(=O)C2CCC2)c1. The monoisotopic (exact) mass is 286 g/mol. The van der Waals surface area contributed by atoms with Gasteiger partial charge in [-0.15, -0.1) is 0 Å². The molecule has 4 nitrogen and oxygen atoms in total. The molecule has 0 heterocycles. The number of hydrogen-bond donors (Lipinski definition) is 1. The topological polar surface area (TPSA) is 49.4 Å². The highest BCUT2D eigenvalue weighted by Crippen LogP contribution is 2.26. The molecule has 1 aliphatic rings. The average molecular weight is 286 g/mol. The molecule has 0 atom stereocenters. The van der Waals surface area contributed by atoms with Crippen LogP contribution in [0.3, 0.4) is 0 Å². The summed E-state index contributed by atoms with van der Waals surface area (Å²) in [6.45, 7) is 0.480. The van der Waals surface area contributed by atoms with Crippen molar-refractivity contribution < 1.29 is 9.59 Å². The van der Waals surface area contributed by atoms with Gasteiger partial charge < -0.3 is 10.2 Å². The van der Waals surface area contributed by atoms with Crippen molar-refractivity contribution >= 4 is 11.7 Å². The van der Waals surface area contributed by atoms with Crippen molar-refractivity contribution in [3.8, 4) is 0 Å². The summed E-state index contributed by atoms with van der Waals surface area (Å²) in [7, 11) is 3.74. The summed E-state index contributed by atoms with van der Waals surface area (Å²) in [6, 6.07) is 7.40. The second kappa shape index (κ2) is 7.07. The zero-order valence-electron chi connectivity index (χ0n) is 12.6. The van der Waals surface area contributed by atoms with E-state index in [1.165, 1.54) is 0 Å². The van der Waals surface area contributed by atoms with E-state index in [2.05, 4.69) is 5.32 Å². The zero-order valence-corrected chi connectivity index (χ0v) is 12.6. The van der Waals surface area contributed by atoms with Gasteiger partial charge in [-0.1, -0.05) is 24.6 Å². The van der Waals surface area contributed by atoms with Crippen molar-refractivity contribution in [3.05, 3.63) is 47.7 Å². The van der Waals surface area contributed by atoms with Crippen LogP contribution in [0.1, 0.15) is 35.2 Å². The number of amides is 1. The van der Waals surface area contributed by atoms with Gasteiger partial charge in [-0.05, 0) is 24.5 Å². The van der Waals surface area contributed by atoms with Gasteiger partial charge in [0.05, 0.1) is 0 Å². The minimum absolute atomic E-state index is 0.0316. The minimum Gasteiger partial charge on any atom is -0.383 e. The van der Waals surface area contributed by atoms with Crippen LogP contribution in [0.4, 0.5) is 0 Å². The number of hydrogen-bond acceptors (Lipinski definition) is 3. The summed E-state index contributed by atoms with van der Waals surface area (Å²) in [6.07, 6.45) is 6.43. The van der Waals surface area contributed by atoms with E-state index in [0.717, 1.165) is 24.8 Å². The summed E-state index contributed by atoms with van der Waals surface area (Å²) in [4.78, 5) is 25.6. The Labute approximate surface area is 125 Å². The molecular weight excluding hydrogens is 264 g/mol. The third kappa shape index (κ3) is 4.45. The molecule has 112 valence electrons. The summed E-state index contributed by atoms with van der Waals surface area (Å²) in [5.74, 6) is 0.291. The van der Waals surface area contributed by atoms with Gasteiger partial charge in [0.2, 0.25) is 5.91 Å². The maximum absolute atomic E-state index is 12.0. The maximum atomic E-state index is 12.0. The summed E-state index contributed by atoms with van der Waals surface area (Å²) >= 11 is 0. The molecule has 1 aromatic rings. The summed E-state index contributed by atoms with van der Waals surface area (Å²) < 4.78 is 0. The van der Waals surface area contributed by atoms with E-state index >= 15 is 0 Å². The minimum atomic E-state index is -0.0316. The number of ketones is 1.